The lowest BCUT2D eigenvalue weighted by molar-refractivity contribution is -0.140. The maximum atomic E-state index is 13.8. The van der Waals surface area contributed by atoms with Crippen LogP contribution in [0, 0.1) is 6.92 Å². The zero-order valence-electron chi connectivity index (χ0n) is 24.0. The molecule has 44 heavy (non-hydrogen) atoms. The van der Waals surface area contributed by atoms with Crippen molar-refractivity contribution < 1.29 is 22.7 Å². The number of aryl methyl sites for hydroxylation is 1. The van der Waals surface area contributed by atoms with Crippen LogP contribution in [0.4, 0.5) is 24.7 Å². The molecular formula is C31H29F3N8O2. The van der Waals surface area contributed by atoms with Gasteiger partial charge in [0.2, 0.25) is 0 Å². The third-order valence-corrected chi connectivity index (χ3v) is 7.28. The van der Waals surface area contributed by atoms with E-state index in [1.165, 1.54) is 6.07 Å². The maximum absolute atomic E-state index is 13.8. The molecule has 1 amide bonds. The van der Waals surface area contributed by atoms with Crippen LogP contribution in [0.5, 0.6) is 5.75 Å². The Morgan fingerprint density at radius 1 is 1.09 bits per heavy atom. The van der Waals surface area contributed by atoms with E-state index in [2.05, 4.69) is 30.8 Å². The minimum Gasteiger partial charge on any atom is -0.497 e. The highest BCUT2D eigenvalue weighted by atomic mass is 19.4. The zero-order valence-corrected chi connectivity index (χ0v) is 24.0. The second-order valence-corrected chi connectivity index (χ2v) is 10.6. The van der Waals surface area contributed by atoms with E-state index in [-0.39, 0.29) is 17.3 Å². The van der Waals surface area contributed by atoms with Gasteiger partial charge in [-0.15, -0.1) is 10.2 Å². The summed E-state index contributed by atoms with van der Waals surface area (Å²) in [7, 11) is 1.61. The highest BCUT2D eigenvalue weighted by Crippen LogP contribution is 2.39. The Hall–Kier alpha value is -5.20. The molecule has 0 unspecified atom stereocenters. The van der Waals surface area contributed by atoms with E-state index >= 15 is 0 Å². The van der Waals surface area contributed by atoms with Gasteiger partial charge in [-0.2, -0.15) is 13.2 Å². The van der Waals surface area contributed by atoms with Crippen LogP contribution >= 0.6 is 0 Å². The summed E-state index contributed by atoms with van der Waals surface area (Å²) in [5.74, 6) is 0.851. The van der Waals surface area contributed by atoms with Crippen molar-refractivity contribution in [2.24, 2.45) is 0 Å². The summed E-state index contributed by atoms with van der Waals surface area (Å²) in [6.45, 7) is 1.15. The molecule has 1 aliphatic carbocycles. The summed E-state index contributed by atoms with van der Waals surface area (Å²) >= 11 is 0. The Morgan fingerprint density at radius 2 is 1.89 bits per heavy atom. The van der Waals surface area contributed by atoms with Crippen LogP contribution in [-0.2, 0) is 13.1 Å². The number of nitrogens with zero attached hydrogens (tertiary/aromatic N) is 6. The predicted octanol–water partition coefficient (Wildman–Crippen LogP) is 6.15. The normalized spacial score (nSPS) is 13.1. The number of benzene rings is 2. The zero-order chi connectivity index (χ0) is 30.8. The van der Waals surface area contributed by atoms with Gasteiger partial charge >= 0.3 is 6.18 Å². The highest BCUT2D eigenvalue weighted by molar-refractivity contribution is 6.08. The average molecular weight is 603 g/mol. The SMILES string of the molecule is COc1ccc(CNc2cc(C)c(-n3cnc(C4CC4)c3)cc2C(=O)Nc2cccc(-c3nncn3CC(F)(F)F)n2)cc1. The van der Waals surface area contributed by atoms with Crippen LogP contribution in [0.1, 0.15) is 45.9 Å². The lowest BCUT2D eigenvalue weighted by atomic mass is 10.1. The van der Waals surface area contributed by atoms with Gasteiger partial charge in [-0.25, -0.2) is 9.97 Å². The van der Waals surface area contributed by atoms with Crippen LogP contribution in [0.25, 0.3) is 17.2 Å². The summed E-state index contributed by atoms with van der Waals surface area (Å²) in [6.07, 6.45) is 2.52. The highest BCUT2D eigenvalue weighted by Gasteiger charge is 2.30. The predicted molar refractivity (Wildman–Crippen MR) is 158 cm³/mol. The van der Waals surface area contributed by atoms with E-state index < -0.39 is 18.6 Å². The number of nitrogens with one attached hydrogen (secondary N) is 2. The van der Waals surface area contributed by atoms with Crippen molar-refractivity contribution in [3.8, 4) is 23.0 Å². The molecule has 13 heteroatoms. The fourth-order valence-electron chi connectivity index (χ4n) is 4.88. The minimum atomic E-state index is -4.46. The van der Waals surface area contributed by atoms with Crippen molar-refractivity contribution in [1.29, 1.82) is 0 Å². The molecule has 5 aromatic rings. The number of hydrogen-bond donors (Lipinski definition) is 2. The number of alkyl halides is 3. The molecule has 2 N–H and O–H groups in total. The van der Waals surface area contributed by atoms with Crippen molar-refractivity contribution >= 4 is 17.4 Å². The molecule has 2 aromatic carbocycles. The molecule has 3 heterocycles. The number of hydrogen-bond acceptors (Lipinski definition) is 7. The van der Waals surface area contributed by atoms with E-state index in [0.29, 0.717) is 23.7 Å². The smallest absolute Gasteiger partial charge is 0.406 e. The Bertz CT molecular complexity index is 1790. The quantitative estimate of drug-likeness (QED) is 0.197. The first-order valence-corrected chi connectivity index (χ1v) is 14.0. The number of anilines is 2. The Labute approximate surface area is 250 Å². The van der Waals surface area contributed by atoms with E-state index in [1.54, 1.807) is 31.6 Å². The number of halogens is 3. The van der Waals surface area contributed by atoms with E-state index in [4.69, 9.17) is 4.74 Å². The molecule has 1 aliphatic rings. The van der Waals surface area contributed by atoms with E-state index in [1.807, 2.05) is 48.0 Å². The molecule has 0 aliphatic heterocycles. The largest absolute Gasteiger partial charge is 0.497 e. The molecule has 0 radical (unpaired) electrons. The molecule has 226 valence electrons. The maximum Gasteiger partial charge on any atom is 0.406 e. The van der Waals surface area contributed by atoms with Crippen LogP contribution in [0.15, 0.2) is 73.4 Å². The van der Waals surface area contributed by atoms with Crippen molar-refractivity contribution in [3.05, 3.63) is 95.8 Å². The second kappa shape index (κ2) is 11.8. The van der Waals surface area contributed by atoms with Crippen molar-refractivity contribution in [1.82, 2.24) is 29.3 Å². The fourth-order valence-corrected chi connectivity index (χ4v) is 4.88. The fraction of sp³-hybridized carbons (Fsp3) is 0.258. The lowest BCUT2D eigenvalue weighted by Gasteiger charge is -2.17. The van der Waals surface area contributed by atoms with Gasteiger partial charge in [-0.05, 0) is 67.3 Å². The molecule has 0 saturated heterocycles. The Morgan fingerprint density at radius 3 is 2.61 bits per heavy atom. The standard InChI is InChI=1S/C31H29F3N8O2/c1-19-12-25(35-14-20-6-10-22(44-2)11-7-20)23(13-27(19)41-15-26(36-17-41)21-8-9-21)30(43)39-28-5-3-4-24(38-28)29-40-37-18-42(29)16-31(32,33)34/h3-7,10-13,15,17-18,21,35H,8-9,14,16H2,1-2H3,(H,38,39,43). The second-order valence-electron chi connectivity index (χ2n) is 10.6. The number of carbonyl (C=O) groups excluding carboxylic acids is 1. The number of carbonyl (C=O) groups is 1. The van der Waals surface area contributed by atoms with Gasteiger partial charge in [0, 0.05) is 24.3 Å². The molecule has 1 fully saturated rings. The number of rotatable bonds is 10. The average Bonchev–Trinajstić information content (AvgIpc) is 3.55. The summed E-state index contributed by atoms with van der Waals surface area (Å²) in [5.41, 5.74) is 4.83. The van der Waals surface area contributed by atoms with Crippen molar-refractivity contribution in [2.75, 3.05) is 17.7 Å². The molecular weight excluding hydrogens is 573 g/mol. The Balaban J connectivity index is 1.30. The number of pyridine rings is 1. The van der Waals surface area contributed by atoms with Gasteiger partial charge in [0.1, 0.15) is 30.1 Å². The monoisotopic (exact) mass is 602 g/mol. The molecule has 0 atom stereocenters. The first-order valence-electron chi connectivity index (χ1n) is 14.0. The van der Waals surface area contributed by atoms with Crippen LogP contribution in [-0.4, -0.2) is 48.5 Å². The van der Waals surface area contributed by atoms with Gasteiger partial charge in [-0.1, -0.05) is 18.2 Å². The number of ether oxygens (including phenoxy) is 1. The third kappa shape index (κ3) is 6.56. The number of aromatic nitrogens is 6. The first-order chi connectivity index (χ1) is 21.2. The molecule has 0 bridgehead atoms. The third-order valence-electron chi connectivity index (χ3n) is 7.28. The number of methoxy groups -OCH3 is 1. The number of imidazole rings is 1. The minimum absolute atomic E-state index is 0.0653. The molecule has 0 spiro atoms. The summed E-state index contributed by atoms with van der Waals surface area (Å²) in [4.78, 5) is 22.7. The summed E-state index contributed by atoms with van der Waals surface area (Å²) < 4.78 is 47.2. The molecule has 3 aromatic heterocycles. The summed E-state index contributed by atoms with van der Waals surface area (Å²) in [5, 5.41) is 13.6. The molecule has 6 rings (SSSR count). The summed E-state index contributed by atoms with van der Waals surface area (Å²) in [6, 6.07) is 16.0. The van der Waals surface area contributed by atoms with Gasteiger partial charge in [0.25, 0.3) is 5.91 Å². The van der Waals surface area contributed by atoms with E-state index in [0.717, 1.165) is 52.0 Å². The van der Waals surface area contributed by atoms with Crippen LogP contribution < -0.4 is 15.4 Å². The first kappa shape index (κ1) is 28.9. The lowest BCUT2D eigenvalue weighted by Crippen LogP contribution is -2.18. The van der Waals surface area contributed by atoms with Gasteiger partial charge in [0.15, 0.2) is 5.82 Å². The molecule has 10 nitrogen and oxygen atoms in total. The van der Waals surface area contributed by atoms with Gasteiger partial charge in [0.05, 0.1) is 30.4 Å². The van der Waals surface area contributed by atoms with E-state index in [9.17, 15) is 18.0 Å². The van der Waals surface area contributed by atoms with Gasteiger partial charge < -0.3 is 24.5 Å². The van der Waals surface area contributed by atoms with Crippen molar-refractivity contribution in [2.45, 2.75) is 44.9 Å². The topological polar surface area (TPSA) is 112 Å². The Kier molecular flexibility index (Phi) is 7.77. The number of amides is 1. The van der Waals surface area contributed by atoms with Crippen LogP contribution in [0.2, 0.25) is 0 Å². The molecule has 1 saturated carbocycles. The van der Waals surface area contributed by atoms with Gasteiger partial charge in [-0.3, -0.25) is 4.79 Å². The van der Waals surface area contributed by atoms with Crippen molar-refractivity contribution in [3.63, 3.8) is 0 Å². The van der Waals surface area contributed by atoms with Crippen LogP contribution in [0.3, 0.4) is 0 Å².